The zero-order valence-electron chi connectivity index (χ0n) is 20.3. The van der Waals surface area contributed by atoms with E-state index in [0.29, 0.717) is 18.0 Å². The monoisotopic (exact) mass is 461 g/mol. The number of hydrogen-bond acceptors (Lipinski definition) is 6. The number of anilines is 2. The number of alkyl halides is 3. The Labute approximate surface area is 188 Å². The SMILES string of the molecule is CN(C)CCN(C)c1cc(N(C(=O)OC(C)(C)C)C(=O)OC(C)(C)C)cc(C(F)(F)F)c1. The third-order valence-corrected chi connectivity index (χ3v) is 3.96. The number of imide groups is 1. The van der Waals surface area contributed by atoms with Gasteiger partial charge in [0.05, 0.1) is 11.3 Å². The highest BCUT2D eigenvalue weighted by molar-refractivity contribution is 6.09. The summed E-state index contributed by atoms with van der Waals surface area (Å²) in [6.07, 6.45) is -6.96. The van der Waals surface area contributed by atoms with E-state index in [1.165, 1.54) is 6.07 Å². The number of ether oxygens (including phenoxy) is 2. The predicted octanol–water partition coefficient (Wildman–Crippen LogP) is 5.38. The van der Waals surface area contributed by atoms with Crippen molar-refractivity contribution < 1.29 is 32.2 Å². The molecule has 0 aliphatic rings. The normalized spacial score (nSPS) is 12.5. The minimum absolute atomic E-state index is 0.189. The molecule has 7 nitrogen and oxygen atoms in total. The molecular formula is C22H34F3N3O4. The molecule has 0 saturated carbocycles. The molecule has 0 spiro atoms. The van der Waals surface area contributed by atoms with Crippen LogP contribution in [0.15, 0.2) is 18.2 Å². The van der Waals surface area contributed by atoms with Crippen molar-refractivity contribution in [2.24, 2.45) is 0 Å². The fourth-order valence-corrected chi connectivity index (χ4v) is 2.49. The molecule has 0 atom stereocenters. The summed E-state index contributed by atoms with van der Waals surface area (Å²) < 4.78 is 51.5. The van der Waals surface area contributed by atoms with Gasteiger partial charge in [-0.05, 0) is 73.8 Å². The van der Waals surface area contributed by atoms with Crippen LogP contribution in [0.3, 0.4) is 0 Å². The maximum atomic E-state index is 13.7. The van der Waals surface area contributed by atoms with Crippen LogP contribution in [0.1, 0.15) is 47.1 Å². The van der Waals surface area contributed by atoms with Gasteiger partial charge in [0, 0.05) is 25.8 Å². The first-order valence-electron chi connectivity index (χ1n) is 10.1. The molecule has 1 aromatic rings. The van der Waals surface area contributed by atoms with Crippen LogP contribution in [0.2, 0.25) is 0 Å². The predicted molar refractivity (Wildman–Crippen MR) is 118 cm³/mol. The fourth-order valence-electron chi connectivity index (χ4n) is 2.49. The smallest absolute Gasteiger partial charge is 0.424 e. The van der Waals surface area contributed by atoms with Gasteiger partial charge in [-0.1, -0.05) is 0 Å². The lowest BCUT2D eigenvalue weighted by Crippen LogP contribution is -2.44. The van der Waals surface area contributed by atoms with Gasteiger partial charge >= 0.3 is 18.4 Å². The first-order valence-corrected chi connectivity index (χ1v) is 10.1. The molecule has 0 bridgehead atoms. The molecule has 0 fully saturated rings. The standard InChI is InChI=1S/C22H34F3N3O4/c1-20(2,3)31-18(29)28(19(30)32-21(4,5)6)17-13-15(22(23,24)25)12-16(14-17)27(9)11-10-26(7)8/h12-14H,10-11H2,1-9H3. The zero-order chi connectivity index (χ0) is 25.1. The van der Waals surface area contributed by atoms with Crippen molar-refractivity contribution in [2.45, 2.75) is 58.9 Å². The lowest BCUT2D eigenvalue weighted by atomic mass is 10.1. The summed E-state index contributed by atoms with van der Waals surface area (Å²) in [6, 6.07) is 3.04. The van der Waals surface area contributed by atoms with Crippen LogP contribution in [0.4, 0.5) is 34.1 Å². The molecule has 0 aliphatic carbocycles. The molecule has 2 amide bonds. The van der Waals surface area contributed by atoms with Crippen molar-refractivity contribution >= 4 is 23.6 Å². The van der Waals surface area contributed by atoms with Gasteiger partial charge in [-0.25, -0.2) is 9.59 Å². The lowest BCUT2D eigenvalue weighted by Gasteiger charge is -2.30. The van der Waals surface area contributed by atoms with Crippen molar-refractivity contribution in [3.8, 4) is 0 Å². The number of carbonyl (C=O) groups excluding carboxylic acids is 2. The Morgan fingerprint density at radius 1 is 0.781 bits per heavy atom. The highest BCUT2D eigenvalue weighted by Gasteiger charge is 2.36. The molecule has 0 radical (unpaired) electrons. The van der Waals surface area contributed by atoms with E-state index in [9.17, 15) is 22.8 Å². The molecule has 0 saturated heterocycles. The molecule has 32 heavy (non-hydrogen) atoms. The van der Waals surface area contributed by atoms with Crippen LogP contribution in [-0.4, -0.2) is 62.5 Å². The van der Waals surface area contributed by atoms with E-state index < -0.39 is 35.1 Å². The Hall–Kier alpha value is -2.49. The summed E-state index contributed by atoms with van der Waals surface area (Å²) in [6.45, 7) is 10.5. The van der Waals surface area contributed by atoms with Gasteiger partial charge in [-0.3, -0.25) is 0 Å². The number of benzene rings is 1. The van der Waals surface area contributed by atoms with Gasteiger partial charge in [0.25, 0.3) is 0 Å². The molecular weight excluding hydrogens is 427 g/mol. The Bertz CT molecular complexity index is 784. The number of nitrogens with zero attached hydrogens (tertiary/aromatic N) is 3. The topological polar surface area (TPSA) is 62.3 Å². The lowest BCUT2D eigenvalue weighted by molar-refractivity contribution is -0.137. The Balaban J connectivity index is 3.59. The summed E-state index contributed by atoms with van der Waals surface area (Å²) in [5.41, 5.74) is -3.07. The van der Waals surface area contributed by atoms with Gasteiger partial charge in [0.2, 0.25) is 0 Å². The van der Waals surface area contributed by atoms with Crippen LogP contribution in [0, 0.1) is 0 Å². The van der Waals surface area contributed by atoms with Crippen molar-refractivity contribution in [3.63, 3.8) is 0 Å². The second-order valence-corrected chi connectivity index (χ2v) is 9.76. The second-order valence-electron chi connectivity index (χ2n) is 9.76. The number of halogens is 3. The van der Waals surface area contributed by atoms with E-state index >= 15 is 0 Å². The minimum atomic E-state index is -4.69. The van der Waals surface area contributed by atoms with Gasteiger partial charge in [0.15, 0.2) is 0 Å². The maximum absolute atomic E-state index is 13.7. The van der Waals surface area contributed by atoms with E-state index in [2.05, 4.69) is 0 Å². The van der Waals surface area contributed by atoms with E-state index in [-0.39, 0.29) is 11.4 Å². The average molecular weight is 462 g/mol. The Morgan fingerprint density at radius 2 is 1.22 bits per heavy atom. The molecule has 0 aliphatic heterocycles. The van der Waals surface area contributed by atoms with Gasteiger partial charge in [-0.15, -0.1) is 0 Å². The van der Waals surface area contributed by atoms with E-state index in [1.54, 1.807) is 53.5 Å². The second kappa shape index (κ2) is 9.97. The first kappa shape index (κ1) is 27.5. The van der Waals surface area contributed by atoms with E-state index in [0.717, 1.165) is 12.1 Å². The molecule has 1 rings (SSSR count). The Kier molecular flexibility index (Phi) is 8.59. The third-order valence-electron chi connectivity index (χ3n) is 3.96. The average Bonchev–Trinajstić information content (AvgIpc) is 2.55. The highest BCUT2D eigenvalue weighted by Crippen LogP contribution is 2.36. The van der Waals surface area contributed by atoms with Crippen molar-refractivity contribution in [1.29, 1.82) is 0 Å². The molecule has 0 aromatic heterocycles. The Morgan fingerprint density at radius 3 is 1.59 bits per heavy atom. The summed E-state index contributed by atoms with van der Waals surface area (Å²) in [5.74, 6) is 0. The van der Waals surface area contributed by atoms with Gasteiger partial charge in [0.1, 0.15) is 11.2 Å². The van der Waals surface area contributed by atoms with Crippen molar-refractivity contribution in [1.82, 2.24) is 4.90 Å². The quantitative estimate of drug-likeness (QED) is 0.587. The largest absolute Gasteiger partial charge is 0.443 e. The number of hydrogen-bond donors (Lipinski definition) is 0. The number of rotatable bonds is 5. The van der Waals surface area contributed by atoms with Gasteiger partial charge in [-0.2, -0.15) is 18.1 Å². The minimum Gasteiger partial charge on any atom is -0.443 e. The van der Waals surface area contributed by atoms with Crippen molar-refractivity contribution in [2.75, 3.05) is 44.0 Å². The van der Waals surface area contributed by atoms with E-state index in [4.69, 9.17) is 9.47 Å². The van der Waals surface area contributed by atoms with Crippen LogP contribution >= 0.6 is 0 Å². The first-order chi connectivity index (χ1) is 14.3. The van der Waals surface area contributed by atoms with Crippen LogP contribution in [0.5, 0.6) is 0 Å². The highest BCUT2D eigenvalue weighted by atomic mass is 19.4. The molecule has 10 heteroatoms. The third kappa shape index (κ3) is 8.94. The van der Waals surface area contributed by atoms with Crippen LogP contribution in [-0.2, 0) is 15.7 Å². The summed E-state index contributed by atoms with van der Waals surface area (Å²) >= 11 is 0. The molecule has 0 heterocycles. The summed E-state index contributed by atoms with van der Waals surface area (Å²) in [5, 5.41) is 0. The summed E-state index contributed by atoms with van der Waals surface area (Å²) in [7, 11) is 5.32. The fraction of sp³-hybridized carbons (Fsp3) is 0.636. The summed E-state index contributed by atoms with van der Waals surface area (Å²) in [4.78, 5) is 29.7. The van der Waals surface area contributed by atoms with Crippen molar-refractivity contribution in [3.05, 3.63) is 23.8 Å². The zero-order valence-corrected chi connectivity index (χ0v) is 20.3. The molecule has 0 unspecified atom stereocenters. The van der Waals surface area contributed by atoms with Crippen LogP contribution < -0.4 is 9.80 Å². The number of carbonyl (C=O) groups is 2. The molecule has 0 N–H and O–H groups in total. The number of likely N-dealkylation sites (N-methyl/N-ethyl adjacent to an activating group) is 2. The molecule has 1 aromatic carbocycles. The van der Waals surface area contributed by atoms with Gasteiger partial charge < -0.3 is 19.3 Å². The molecule has 182 valence electrons. The maximum Gasteiger partial charge on any atom is 0.424 e. The van der Waals surface area contributed by atoms with Crippen LogP contribution in [0.25, 0.3) is 0 Å². The van der Waals surface area contributed by atoms with E-state index in [1.807, 2.05) is 19.0 Å². The number of amides is 2.